The van der Waals surface area contributed by atoms with Crippen LogP contribution < -0.4 is 20.3 Å². The largest absolute Gasteiger partial charge is 0.495 e. The van der Waals surface area contributed by atoms with Crippen molar-refractivity contribution in [1.29, 1.82) is 0 Å². The van der Waals surface area contributed by atoms with Crippen LogP contribution in [0, 0.1) is 12.8 Å². The van der Waals surface area contributed by atoms with Crippen molar-refractivity contribution in [2.24, 2.45) is 13.0 Å². The van der Waals surface area contributed by atoms with Gasteiger partial charge < -0.3 is 14.8 Å². The quantitative estimate of drug-likeness (QED) is 0.607. The molecule has 0 radical (unpaired) electrons. The molecule has 0 bridgehead atoms. The summed E-state index contributed by atoms with van der Waals surface area (Å²) >= 11 is 1.59. The van der Waals surface area contributed by atoms with Gasteiger partial charge in [-0.2, -0.15) is 0 Å². The second-order valence-electron chi connectivity index (χ2n) is 7.07. The zero-order valence-corrected chi connectivity index (χ0v) is 17.4. The molecule has 0 aromatic carbocycles. The Hall–Kier alpha value is -2.94. The lowest BCUT2D eigenvalue weighted by atomic mass is 10.2. The molecule has 29 heavy (non-hydrogen) atoms. The normalized spacial score (nSPS) is 17.8. The summed E-state index contributed by atoms with van der Waals surface area (Å²) in [6.45, 7) is 2.98. The third-order valence-corrected chi connectivity index (χ3v) is 5.73. The summed E-state index contributed by atoms with van der Waals surface area (Å²) in [5.74, 6) is 1.96. The summed E-state index contributed by atoms with van der Waals surface area (Å²) < 4.78 is 12.3. The second-order valence-corrected chi connectivity index (χ2v) is 8.13. The molecule has 3 aromatic rings. The zero-order chi connectivity index (χ0) is 20.4. The average Bonchev–Trinajstić information content (AvgIpc) is 3.39. The van der Waals surface area contributed by atoms with Crippen LogP contribution in [0.15, 0.2) is 34.6 Å². The van der Waals surface area contributed by atoms with Crippen LogP contribution in [0.3, 0.4) is 0 Å². The van der Waals surface area contributed by atoms with Gasteiger partial charge in [0.2, 0.25) is 5.88 Å². The number of rotatable bonds is 8. The van der Waals surface area contributed by atoms with E-state index in [1.54, 1.807) is 37.8 Å². The van der Waals surface area contributed by atoms with Gasteiger partial charge in [0.05, 0.1) is 37.2 Å². The fourth-order valence-electron chi connectivity index (χ4n) is 3.17. The fraction of sp³-hybridized carbons (Fsp3) is 0.400. The first-order chi connectivity index (χ1) is 14.0. The standard InChI is InChI=1S/C20H23N5O3S/c1-12-23-14(11-29-12)8-21-18-7-19(24-25(2)20(18)26)28-10-13-6-16(13)17-5-4-15(27-3)9-22-17/h4-5,7,9,11,13,16,21H,6,8,10H2,1-3H3/t13?,16-/m1/s1. The van der Waals surface area contributed by atoms with Gasteiger partial charge in [0.1, 0.15) is 11.4 Å². The molecule has 1 fully saturated rings. The predicted octanol–water partition coefficient (Wildman–Crippen LogP) is 2.74. The highest BCUT2D eigenvalue weighted by atomic mass is 32.1. The van der Waals surface area contributed by atoms with Gasteiger partial charge in [-0.05, 0) is 25.5 Å². The van der Waals surface area contributed by atoms with Gasteiger partial charge in [-0.3, -0.25) is 9.78 Å². The Morgan fingerprint density at radius 1 is 1.38 bits per heavy atom. The monoisotopic (exact) mass is 413 g/mol. The highest BCUT2D eigenvalue weighted by Crippen LogP contribution is 2.46. The lowest BCUT2D eigenvalue weighted by Gasteiger charge is -2.10. The molecule has 0 saturated heterocycles. The highest BCUT2D eigenvalue weighted by molar-refractivity contribution is 7.09. The van der Waals surface area contributed by atoms with E-state index in [4.69, 9.17) is 9.47 Å². The van der Waals surface area contributed by atoms with E-state index in [9.17, 15) is 4.79 Å². The Kier molecular flexibility index (Phi) is 5.48. The van der Waals surface area contributed by atoms with E-state index in [0.29, 0.717) is 36.6 Å². The first-order valence-corrected chi connectivity index (χ1v) is 10.3. The van der Waals surface area contributed by atoms with Gasteiger partial charge in [0.25, 0.3) is 5.56 Å². The van der Waals surface area contributed by atoms with E-state index in [-0.39, 0.29) is 5.56 Å². The molecular formula is C20H23N5O3S. The number of hydrogen-bond acceptors (Lipinski definition) is 8. The molecule has 152 valence electrons. The molecule has 4 rings (SSSR count). The maximum atomic E-state index is 12.3. The molecular weight excluding hydrogens is 390 g/mol. The fourth-order valence-corrected chi connectivity index (χ4v) is 3.78. The van der Waals surface area contributed by atoms with E-state index in [0.717, 1.165) is 28.6 Å². The first kappa shape index (κ1) is 19.4. The maximum absolute atomic E-state index is 12.3. The number of thiazole rings is 1. The molecule has 1 unspecified atom stereocenters. The Morgan fingerprint density at radius 3 is 2.93 bits per heavy atom. The number of aryl methyl sites for hydroxylation is 2. The number of ether oxygens (including phenoxy) is 2. The maximum Gasteiger partial charge on any atom is 0.290 e. The number of hydrogen-bond donors (Lipinski definition) is 1. The topological polar surface area (TPSA) is 91.2 Å². The van der Waals surface area contributed by atoms with Crippen LogP contribution in [0.2, 0.25) is 0 Å². The SMILES string of the molecule is COc1ccc([C@@H]2CC2COc2cc(NCc3csc(C)n3)c(=O)n(C)n2)nc1. The number of anilines is 1. The van der Waals surface area contributed by atoms with Crippen molar-refractivity contribution in [2.45, 2.75) is 25.8 Å². The minimum absolute atomic E-state index is 0.198. The van der Waals surface area contributed by atoms with Crippen molar-refractivity contribution in [1.82, 2.24) is 19.7 Å². The highest BCUT2D eigenvalue weighted by Gasteiger charge is 2.40. The number of nitrogens with one attached hydrogen (secondary N) is 1. The number of pyridine rings is 1. The summed E-state index contributed by atoms with van der Waals surface area (Å²) in [6, 6.07) is 5.58. The van der Waals surface area contributed by atoms with E-state index < -0.39 is 0 Å². The van der Waals surface area contributed by atoms with Gasteiger partial charge >= 0.3 is 0 Å². The molecule has 9 heteroatoms. The molecule has 8 nitrogen and oxygen atoms in total. The second kappa shape index (κ2) is 8.20. The molecule has 3 aromatic heterocycles. The zero-order valence-electron chi connectivity index (χ0n) is 16.6. The van der Waals surface area contributed by atoms with Crippen molar-refractivity contribution in [3.63, 3.8) is 0 Å². The number of aromatic nitrogens is 4. The van der Waals surface area contributed by atoms with Gasteiger partial charge in [0, 0.05) is 36.0 Å². The minimum atomic E-state index is -0.198. The van der Waals surface area contributed by atoms with Gasteiger partial charge in [-0.25, -0.2) is 9.67 Å². The van der Waals surface area contributed by atoms with Crippen LogP contribution in [-0.4, -0.2) is 33.5 Å². The van der Waals surface area contributed by atoms with Gasteiger partial charge in [-0.1, -0.05) is 0 Å². The Balaban J connectivity index is 1.36. The Morgan fingerprint density at radius 2 is 2.24 bits per heavy atom. The predicted molar refractivity (Wildman–Crippen MR) is 111 cm³/mol. The van der Waals surface area contributed by atoms with Crippen molar-refractivity contribution in [3.8, 4) is 11.6 Å². The van der Waals surface area contributed by atoms with Crippen LogP contribution in [-0.2, 0) is 13.6 Å². The minimum Gasteiger partial charge on any atom is -0.495 e. The van der Waals surface area contributed by atoms with Crippen LogP contribution in [0.1, 0.15) is 28.7 Å². The molecule has 1 N–H and O–H groups in total. The van der Waals surface area contributed by atoms with Crippen LogP contribution >= 0.6 is 11.3 Å². The smallest absolute Gasteiger partial charge is 0.290 e. The molecule has 1 saturated carbocycles. The van der Waals surface area contributed by atoms with Crippen LogP contribution in [0.5, 0.6) is 11.6 Å². The Bertz CT molecular complexity index is 1050. The summed E-state index contributed by atoms with van der Waals surface area (Å²) in [7, 11) is 3.25. The van der Waals surface area contributed by atoms with Gasteiger partial charge in [-0.15, -0.1) is 16.4 Å². The van der Waals surface area contributed by atoms with E-state index >= 15 is 0 Å². The lowest BCUT2D eigenvalue weighted by molar-refractivity contribution is 0.278. The summed E-state index contributed by atoms with van der Waals surface area (Å²) in [5, 5.41) is 10.3. The molecule has 0 amide bonds. The number of nitrogens with zero attached hydrogens (tertiary/aromatic N) is 4. The molecule has 0 spiro atoms. The van der Waals surface area contributed by atoms with Crippen molar-refractivity contribution < 1.29 is 9.47 Å². The van der Waals surface area contributed by atoms with E-state index in [1.165, 1.54) is 4.68 Å². The van der Waals surface area contributed by atoms with Crippen molar-refractivity contribution in [2.75, 3.05) is 19.0 Å². The lowest BCUT2D eigenvalue weighted by Crippen LogP contribution is -2.24. The van der Waals surface area contributed by atoms with E-state index in [2.05, 4.69) is 20.4 Å². The van der Waals surface area contributed by atoms with Crippen LogP contribution in [0.4, 0.5) is 5.69 Å². The van der Waals surface area contributed by atoms with Crippen molar-refractivity contribution >= 4 is 17.0 Å². The first-order valence-electron chi connectivity index (χ1n) is 9.39. The Labute approximate surface area is 172 Å². The van der Waals surface area contributed by atoms with Crippen LogP contribution in [0.25, 0.3) is 0 Å². The molecule has 1 aliphatic carbocycles. The third-order valence-electron chi connectivity index (χ3n) is 4.91. The molecule has 2 atom stereocenters. The third kappa shape index (κ3) is 4.56. The molecule has 0 aliphatic heterocycles. The summed E-state index contributed by atoms with van der Waals surface area (Å²) in [5.41, 5.74) is 2.21. The molecule has 3 heterocycles. The molecule has 1 aliphatic rings. The van der Waals surface area contributed by atoms with E-state index in [1.807, 2.05) is 24.4 Å². The summed E-state index contributed by atoms with van der Waals surface area (Å²) in [6.07, 6.45) is 2.77. The summed E-state index contributed by atoms with van der Waals surface area (Å²) in [4.78, 5) is 21.2. The average molecular weight is 414 g/mol. The number of methoxy groups -OCH3 is 1. The van der Waals surface area contributed by atoms with Crippen molar-refractivity contribution in [3.05, 3.63) is 56.5 Å². The van der Waals surface area contributed by atoms with Gasteiger partial charge in [0.15, 0.2) is 0 Å².